The first-order valence-electron chi connectivity index (χ1n) is 8.50. The third-order valence-corrected chi connectivity index (χ3v) is 5.52. The third kappa shape index (κ3) is 14.3. The maximum atomic E-state index is 10.8. The number of ether oxygens (including phenoxy) is 1. The molecule has 4 nitrogen and oxygen atoms in total. The molecule has 0 spiro atoms. The molecule has 0 aromatic heterocycles. The van der Waals surface area contributed by atoms with Gasteiger partial charge in [-0.1, -0.05) is 51.5 Å². The fraction of sp³-hybridized carbons (Fsp3) is 0.824. The fourth-order valence-corrected chi connectivity index (χ4v) is 2.80. The first kappa shape index (κ1) is 21.3. The van der Waals surface area contributed by atoms with Gasteiger partial charge >= 0.3 is 14.5 Å². The van der Waals surface area contributed by atoms with Crippen molar-refractivity contribution in [3.05, 3.63) is 12.7 Å². The molecule has 0 saturated heterocycles. The summed E-state index contributed by atoms with van der Waals surface area (Å²) in [6, 6.07) is 0. The first-order valence-corrected chi connectivity index (χ1v) is 11.3. The normalized spacial score (nSPS) is 11.4. The van der Waals surface area contributed by atoms with Crippen LogP contribution in [0.3, 0.4) is 0 Å². The van der Waals surface area contributed by atoms with Crippen molar-refractivity contribution in [2.75, 3.05) is 20.3 Å². The lowest BCUT2D eigenvalue weighted by Crippen LogP contribution is -2.33. The van der Waals surface area contributed by atoms with Crippen molar-refractivity contribution in [3.8, 4) is 0 Å². The van der Waals surface area contributed by atoms with Crippen LogP contribution in [0.2, 0.25) is 13.1 Å². The van der Waals surface area contributed by atoms with Crippen LogP contribution in [0.1, 0.15) is 57.8 Å². The molecule has 130 valence electrons. The van der Waals surface area contributed by atoms with Crippen molar-refractivity contribution in [1.82, 2.24) is 0 Å². The molecule has 0 bridgehead atoms. The fourth-order valence-electron chi connectivity index (χ4n) is 2.05. The third-order valence-electron chi connectivity index (χ3n) is 3.64. The van der Waals surface area contributed by atoms with Gasteiger partial charge in [0.1, 0.15) is 0 Å². The first-order chi connectivity index (χ1) is 10.5. The molecule has 0 saturated carbocycles. The predicted octanol–water partition coefficient (Wildman–Crippen LogP) is 4.59. The van der Waals surface area contributed by atoms with Gasteiger partial charge in [0, 0.05) is 19.8 Å². The van der Waals surface area contributed by atoms with Gasteiger partial charge in [0.15, 0.2) is 0 Å². The van der Waals surface area contributed by atoms with E-state index in [4.69, 9.17) is 13.6 Å². The number of carbonyl (C=O) groups excluding carboxylic acids is 1. The number of esters is 1. The highest BCUT2D eigenvalue weighted by molar-refractivity contribution is 6.64. The summed E-state index contributed by atoms with van der Waals surface area (Å²) in [7, 11) is -0.0892. The van der Waals surface area contributed by atoms with E-state index in [1.165, 1.54) is 44.6 Å². The lowest BCUT2D eigenvalue weighted by Gasteiger charge is -2.19. The van der Waals surface area contributed by atoms with Gasteiger partial charge in [-0.15, -0.1) is 0 Å². The average Bonchev–Trinajstić information content (AvgIpc) is 2.51. The zero-order chi connectivity index (χ0) is 16.7. The van der Waals surface area contributed by atoms with E-state index < -0.39 is 8.56 Å². The van der Waals surface area contributed by atoms with E-state index in [-0.39, 0.29) is 5.97 Å². The van der Waals surface area contributed by atoms with E-state index in [2.05, 4.69) is 19.7 Å². The lowest BCUT2D eigenvalue weighted by atomic mass is 10.1. The zero-order valence-corrected chi connectivity index (χ0v) is 15.7. The van der Waals surface area contributed by atoms with Gasteiger partial charge in [0.25, 0.3) is 0 Å². The Kier molecular flexibility index (Phi) is 13.6. The second kappa shape index (κ2) is 14.0. The molecule has 22 heavy (non-hydrogen) atoms. The second-order valence-electron chi connectivity index (χ2n) is 6.01. The Labute approximate surface area is 137 Å². The van der Waals surface area contributed by atoms with Crippen LogP contribution in [0.5, 0.6) is 0 Å². The summed E-state index contributed by atoms with van der Waals surface area (Å²) in [6.07, 6.45) is 12.1. The standard InChI is InChI=1S/C17H34O4Si/c1-5-17(18)20-15-13-11-9-7-6-8-10-12-14-16-21-22(3,4)19-2/h5H,1,6-16H2,2-4H3. The van der Waals surface area contributed by atoms with Crippen LogP contribution in [-0.4, -0.2) is 34.9 Å². The molecule has 0 aliphatic heterocycles. The van der Waals surface area contributed by atoms with Crippen LogP contribution in [0.4, 0.5) is 0 Å². The Bertz CT molecular complexity index is 292. The monoisotopic (exact) mass is 330 g/mol. The van der Waals surface area contributed by atoms with E-state index in [0.717, 1.165) is 25.9 Å². The van der Waals surface area contributed by atoms with Crippen molar-refractivity contribution < 1.29 is 18.4 Å². The van der Waals surface area contributed by atoms with Crippen LogP contribution >= 0.6 is 0 Å². The highest BCUT2D eigenvalue weighted by atomic mass is 28.4. The van der Waals surface area contributed by atoms with E-state index in [1.54, 1.807) is 7.11 Å². The summed E-state index contributed by atoms with van der Waals surface area (Å²) in [6.45, 7) is 8.86. The summed E-state index contributed by atoms with van der Waals surface area (Å²) in [4.78, 5) is 10.8. The lowest BCUT2D eigenvalue weighted by molar-refractivity contribution is -0.137. The molecule has 0 fully saturated rings. The van der Waals surface area contributed by atoms with Gasteiger partial charge < -0.3 is 13.6 Å². The molecular weight excluding hydrogens is 296 g/mol. The van der Waals surface area contributed by atoms with E-state index in [9.17, 15) is 4.79 Å². The molecule has 0 radical (unpaired) electrons. The summed E-state index contributed by atoms with van der Waals surface area (Å²) in [5.74, 6) is -0.319. The predicted molar refractivity (Wildman–Crippen MR) is 93.2 cm³/mol. The SMILES string of the molecule is C=CC(=O)OCCCCCCCCCCCO[Si](C)(C)OC. The van der Waals surface area contributed by atoms with Crippen LogP contribution in [0, 0.1) is 0 Å². The topological polar surface area (TPSA) is 44.8 Å². The molecule has 0 amide bonds. The Balaban J connectivity index is 3.15. The minimum absolute atomic E-state index is 0.319. The van der Waals surface area contributed by atoms with Gasteiger partial charge in [0.05, 0.1) is 6.61 Å². The molecule has 0 unspecified atom stereocenters. The molecule has 0 atom stereocenters. The molecule has 0 N–H and O–H groups in total. The summed E-state index contributed by atoms with van der Waals surface area (Å²) in [5.41, 5.74) is 0. The maximum Gasteiger partial charge on any atom is 0.331 e. The second-order valence-corrected chi connectivity index (χ2v) is 9.50. The van der Waals surface area contributed by atoms with Gasteiger partial charge in [-0.3, -0.25) is 0 Å². The molecule has 0 heterocycles. The minimum Gasteiger partial charge on any atom is -0.463 e. The van der Waals surface area contributed by atoms with Crippen LogP contribution in [-0.2, 0) is 18.4 Å². The molecule has 0 aromatic carbocycles. The number of hydrogen-bond acceptors (Lipinski definition) is 4. The van der Waals surface area contributed by atoms with Crippen LogP contribution in [0.25, 0.3) is 0 Å². The zero-order valence-electron chi connectivity index (χ0n) is 14.7. The average molecular weight is 331 g/mol. The summed E-state index contributed by atoms with van der Waals surface area (Å²) >= 11 is 0. The molecule has 5 heteroatoms. The number of carbonyl (C=O) groups is 1. The summed E-state index contributed by atoms with van der Waals surface area (Å²) in [5, 5.41) is 0. The summed E-state index contributed by atoms with van der Waals surface area (Å²) < 4.78 is 16.0. The molecule has 0 rings (SSSR count). The van der Waals surface area contributed by atoms with Gasteiger partial charge in [0.2, 0.25) is 0 Å². The Hall–Kier alpha value is -0.653. The van der Waals surface area contributed by atoms with Gasteiger partial charge in [-0.25, -0.2) is 4.79 Å². The van der Waals surface area contributed by atoms with Crippen molar-refractivity contribution in [2.24, 2.45) is 0 Å². The number of rotatable bonds is 15. The van der Waals surface area contributed by atoms with Crippen LogP contribution in [0.15, 0.2) is 12.7 Å². The van der Waals surface area contributed by atoms with Crippen molar-refractivity contribution >= 4 is 14.5 Å². The number of hydrogen-bond donors (Lipinski definition) is 0. The van der Waals surface area contributed by atoms with E-state index in [1.807, 2.05) is 0 Å². The van der Waals surface area contributed by atoms with Crippen molar-refractivity contribution in [3.63, 3.8) is 0 Å². The van der Waals surface area contributed by atoms with Gasteiger partial charge in [-0.05, 0) is 25.9 Å². The van der Waals surface area contributed by atoms with Crippen molar-refractivity contribution in [1.29, 1.82) is 0 Å². The van der Waals surface area contributed by atoms with Crippen molar-refractivity contribution in [2.45, 2.75) is 70.9 Å². The highest BCUT2D eigenvalue weighted by Gasteiger charge is 2.21. The Morgan fingerprint density at radius 3 is 1.82 bits per heavy atom. The Morgan fingerprint density at radius 2 is 1.36 bits per heavy atom. The molecule has 0 aliphatic carbocycles. The van der Waals surface area contributed by atoms with E-state index >= 15 is 0 Å². The number of unbranched alkanes of at least 4 members (excludes halogenated alkanes) is 8. The molecule has 0 aromatic rings. The smallest absolute Gasteiger partial charge is 0.331 e. The quantitative estimate of drug-likeness (QED) is 0.191. The molecular formula is C17H34O4Si. The van der Waals surface area contributed by atoms with E-state index in [0.29, 0.717) is 6.61 Å². The largest absolute Gasteiger partial charge is 0.463 e. The minimum atomic E-state index is -1.82. The molecule has 0 aliphatic rings. The maximum absolute atomic E-state index is 10.8. The van der Waals surface area contributed by atoms with Crippen LogP contribution < -0.4 is 0 Å². The highest BCUT2D eigenvalue weighted by Crippen LogP contribution is 2.11. The van der Waals surface area contributed by atoms with Gasteiger partial charge in [-0.2, -0.15) is 0 Å². The Morgan fingerprint density at radius 1 is 0.909 bits per heavy atom.